The van der Waals surface area contributed by atoms with Crippen LogP contribution in [-0.2, 0) is 11.2 Å². The molecule has 1 amide bonds. The van der Waals surface area contributed by atoms with Crippen molar-refractivity contribution in [3.8, 4) is 0 Å². The molecule has 2 heterocycles. The Labute approximate surface area is 129 Å². The predicted octanol–water partition coefficient (Wildman–Crippen LogP) is 2.63. The van der Waals surface area contributed by atoms with E-state index in [1.807, 2.05) is 16.7 Å². The number of carbonyl (C=O) groups excluding carboxylic acids is 1. The topological polar surface area (TPSA) is 59.2 Å². The van der Waals surface area contributed by atoms with Crippen LogP contribution in [0.25, 0.3) is 0 Å². The summed E-state index contributed by atoms with van der Waals surface area (Å²) in [5, 5.41) is 4.09. The van der Waals surface area contributed by atoms with Crippen LogP contribution in [0.3, 0.4) is 0 Å². The fourth-order valence-electron chi connectivity index (χ4n) is 3.09. The average Bonchev–Trinajstić information content (AvgIpc) is 3.11. The van der Waals surface area contributed by atoms with E-state index in [1.165, 1.54) is 25.7 Å². The number of thioether (sulfide) groups is 1. The van der Waals surface area contributed by atoms with Gasteiger partial charge in [-0.05, 0) is 25.0 Å². The molecule has 1 aliphatic heterocycles. The molecule has 1 aliphatic carbocycles. The van der Waals surface area contributed by atoms with E-state index in [9.17, 15) is 4.79 Å². The van der Waals surface area contributed by atoms with Crippen LogP contribution >= 0.6 is 11.8 Å². The molecule has 0 spiro atoms. The van der Waals surface area contributed by atoms with E-state index in [-0.39, 0.29) is 5.91 Å². The fourth-order valence-corrected chi connectivity index (χ4v) is 3.97. The molecule has 0 atom stereocenters. The molecular formula is C15H23N3O2S. The smallest absolute Gasteiger partial charge is 0.227 e. The van der Waals surface area contributed by atoms with E-state index in [1.54, 1.807) is 0 Å². The lowest BCUT2D eigenvalue weighted by atomic mass is 10.1. The second-order valence-corrected chi connectivity index (χ2v) is 7.10. The summed E-state index contributed by atoms with van der Waals surface area (Å²) in [5.74, 6) is 4.38. The van der Waals surface area contributed by atoms with Crippen molar-refractivity contribution in [2.75, 3.05) is 24.6 Å². The molecule has 1 saturated carbocycles. The third kappa shape index (κ3) is 3.99. The first-order valence-corrected chi connectivity index (χ1v) is 9.16. The standard InChI is InChI=1S/C15H23N3O2S/c19-14(18-8-3-10-21-11-9-18)7-6-13-16-15(17-20-13)12-4-1-2-5-12/h12H,1-11H2. The number of nitrogens with zero attached hydrogens (tertiary/aromatic N) is 3. The van der Waals surface area contributed by atoms with Crippen molar-refractivity contribution in [2.45, 2.75) is 50.9 Å². The van der Waals surface area contributed by atoms with Crippen molar-refractivity contribution >= 4 is 17.7 Å². The highest BCUT2D eigenvalue weighted by molar-refractivity contribution is 7.99. The third-order valence-corrected chi connectivity index (χ3v) is 5.38. The summed E-state index contributed by atoms with van der Waals surface area (Å²) in [6.45, 7) is 1.77. The molecule has 0 bridgehead atoms. The Hall–Kier alpha value is -1.04. The molecule has 5 nitrogen and oxygen atoms in total. The van der Waals surface area contributed by atoms with Crippen molar-refractivity contribution in [3.63, 3.8) is 0 Å². The predicted molar refractivity (Wildman–Crippen MR) is 82.4 cm³/mol. The van der Waals surface area contributed by atoms with Gasteiger partial charge in [0.05, 0.1) is 0 Å². The quantitative estimate of drug-likeness (QED) is 0.855. The Morgan fingerprint density at radius 2 is 2.10 bits per heavy atom. The summed E-state index contributed by atoms with van der Waals surface area (Å²) in [7, 11) is 0. The number of aromatic nitrogens is 2. The number of hydrogen-bond donors (Lipinski definition) is 0. The lowest BCUT2D eigenvalue weighted by Crippen LogP contribution is -2.33. The van der Waals surface area contributed by atoms with E-state index in [4.69, 9.17) is 4.52 Å². The van der Waals surface area contributed by atoms with Gasteiger partial charge in [-0.1, -0.05) is 18.0 Å². The highest BCUT2D eigenvalue weighted by Gasteiger charge is 2.23. The van der Waals surface area contributed by atoms with Gasteiger partial charge in [0.2, 0.25) is 11.8 Å². The normalized spacial score (nSPS) is 20.7. The molecule has 6 heteroatoms. The summed E-state index contributed by atoms with van der Waals surface area (Å²) >= 11 is 1.93. The van der Waals surface area contributed by atoms with Gasteiger partial charge in [0.25, 0.3) is 0 Å². The Morgan fingerprint density at radius 1 is 1.24 bits per heavy atom. The molecule has 0 aromatic carbocycles. The van der Waals surface area contributed by atoms with Crippen LogP contribution in [0.2, 0.25) is 0 Å². The zero-order valence-electron chi connectivity index (χ0n) is 12.4. The van der Waals surface area contributed by atoms with Gasteiger partial charge in [-0.25, -0.2) is 0 Å². The van der Waals surface area contributed by atoms with E-state index >= 15 is 0 Å². The van der Waals surface area contributed by atoms with Crippen LogP contribution in [0.15, 0.2) is 4.52 Å². The summed E-state index contributed by atoms with van der Waals surface area (Å²) in [6, 6.07) is 0. The van der Waals surface area contributed by atoms with Crippen LogP contribution < -0.4 is 0 Å². The second-order valence-electron chi connectivity index (χ2n) is 5.87. The van der Waals surface area contributed by atoms with E-state index in [2.05, 4.69) is 10.1 Å². The van der Waals surface area contributed by atoms with Crippen LogP contribution in [0, 0.1) is 0 Å². The number of amides is 1. The van der Waals surface area contributed by atoms with Crippen LogP contribution in [0.5, 0.6) is 0 Å². The Bertz CT molecular complexity index is 463. The van der Waals surface area contributed by atoms with E-state index in [0.29, 0.717) is 24.7 Å². The number of aryl methyl sites for hydroxylation is 1. The largest absolute Gasteiger partial charge is 0.342 e. The van der Waals surface area contributed by atoms with Crippen molar-refractivity contribution in [1.82, 2.24) is 15.0 Å². The molecule has 1 aromatic rings. The molecule has 2 aliphatic rings. The van der Waals surface area contributed by atoms with E-state index < -0.39 is 0 Å². The van der Waals surface area contributed by atoms with Gasteiger partial charge in [0, 0.05) is 37.6 Å². The number of carbonyl (C=O) groups is 1. The molecule has 0 N–H and O–H groups in total. The monoisotopic (exact) mass is 309 g/mol. The summed E-state index contributed by atoms with van der Waals surface area (Å²) in [5.41, 5.74) is 0. The molecule has 1 aromatic heterocycles. The minimum atomic E-state index is 0.220. The van der Waals surface area contributed by atoms with Crippen molar-refractivity contribution in [1.29, 1.82) is 0 Å². The zero-order chi connectivity index (χ0) is 14.5. The van der Waals surface area contributed by atoms with Crippen LogP contribution in [0.4, 0.5) is 0 Å². The first-order chi connectivity index (χ1) is 10.3. The lowest BCUT2D eigenvalue weighted by Gasteiger charge is -2.19. The molecule has 0 radical (unpaired) electrons. The Morgan fingerprint density at radius 3 is 2.95 bits per heavy atom. The molecule has 2 fully saturated rings. The average molecular weight is 309 g/mol. The van der Waals surface area contributed by atoms with Gasteiger partial charge in [-0.15, -0.1) is 0 Å². The third-order valence-electron chi connectivity index (χ3n) is 4.33. The maximum Gasteiger partial charge on any atom is 0.227 e. The van der Waals surface area contributed by atoms with Crippen LogP contribution in [-0.4, -0.2) is 45.5 Å². The fraction of sp³-hybridized carbons (Fsp3) is 0.800. The van der Waals surface area contributed by atoms with Crippen molar-refractivity contribution in [3.05, 3.63) is 11.7 Å². The summed E-state index contributed by atoms with van der Waals surface area (Å²) in [4.78, 5) is 18.7. The van der Waals surface area contributed by atoms with Gasteiger partial charge >= 0.3 is 0 Å². The highest BCUT2D eigenvalue weighted by atomic mass is 32.2. The highest BCUT2D eigenvalue weighted by Crippen LogP contribution is 2.32. The Kier molecular flexibility index (Phi) is 5.17. The first-order valence-electron chi connectivity index (χ1n) is 8.01. The van der Waals surface area contributed by atoms with Gasteiger partial charge in [0.15, 0.2) is 5.82 Å². The molecular weight excluding hydrogens is 286 g/mol. The van der Waals surface area contributed by atoms with E-state index in [0.717, 1.165) is 36.8 Å². The van der Waals surface area contributed by atoms with Crippen LogP contribution in [0.1, 0.15) is 56.2 Å². The number of rotatable bonds is 4. The summed E-state index contributed by atoms with van der Waals surface area (Å²) in [6.07, 6.45) is 7.02. The SMILES string of the molecule is O=C(CCc1nc(C2CCCC2)no1)N1CCCSCC1. The minimum absolute atomic E-state index is 0.220. The lowest BCUT2D eigenvalue weighted by molar-refractivity contribution is -0.131. The van der Waals surface area contributed by atoms with Crippen molar-refractivity contribution < 1.29 is 9.32 Å². The molecule has 21 heavy (non-hydrogen) atoms. The Balaban J connectivity index is 1.48. The molecule has 116 valence electrons. The molecule has 0 unspecified atom stereocenters. The van der Waals surface area contributed by atoms with Gasteiger partial charge in [-0.2, -0.15) is 16.7 Å². The number of hydrogen-bond acceptors (Lipinski definition) is 5. The molecule has 1 saturated heterocycles. The first kappa shape index (κ1) is 14.9. The van der Waals surface area contributed by atoms with Gasteiger partial charge < -0.3 is 9.42 Å². The van der Waals surface area contributed by atoms with Gasteiger partial charge in [0.1, 0.15) is 0 Å². The maximum absolute atomic E-state index is 12.2. The summed E-state index contributed by atoms with van der Waals surface area (Å²) < 4.78 is 5.30. The molecule has 3 rings (SSSR count). The maximum atomic E-state index is 12.2. The van der Waals surface area contributed by atoms with Crippen molar-refractivity contribution in [2.24, 2.45) is 0 Å². The van der Waals surface area contributed by atoms with Gasteiger partial charge in [-0.3, -0.25) is 4.79 Å². The zero-order valence-corrected chi connectivity index (χ0v) is 13.2. The minimum Gasteiger partial charge on any atom is -0.342 e. The second kappa shape index (κ2) is 7.29.